The van der Waals surface area contributed by atoms with Crippen molar-refractivity contribution in [2.45, 2.75) is 19.3 Å². The van der Waals surface area contributed by atoms with Crippen molar-refractivity contribution in [3.8, 4) is 10.4 Å². The van der Waals surface area contributed by atoms with Crippen LogP contribution in [0.3, 0.4) is 0 Å². The van der Waals surface area contributed by atoms with Crippen molar-refractivity contribution in [1.29, 1.82) is 0 Å². The molecule has 0 saturated carbocycles. The Morgan fingerprint density at radius 1 is 1.13 bits per heavy atom. The smallest absolute Gasteiger partial charge is 0.271 e. The topological polar surface area (TPSA) is 64.4 Å². The zero-order valence-corrected chi connectivity index (χ0v) is 16.6. The molecule has 0 radical (unpaired) electrons. The molecule has 0 aliphatic heterocycles. The van der Waals surface area contributed by atoms with Gasteiger partial charge in [0.15, 0.2) is 0 Å². The summed E-state index contributed by atoms with van der Waals surface area (Å²) < 4.78 is 33.9. The molecule has 0 bridgehead atoms. The molecule has 154 valence electrons. The zero-order valence-electron chi connectivity index (χ0n) is 15.8. The van der Waals surface area contributed by atoms with Crippen molar-refractivity contribution in [2.24, 2.45) is 0 Å². The molecule has 2 aromatic carbocycles. The fourth-order valence-electron chi connectivity index (χ4n) is 3.03. The summed E-state index contributed by atoms with van der Waals surface area (Å²) in [6.07, 6.45) is 0.427. The Morgan fingerprint density at radius 3 is 2.67 bits per heavy atom. The number of halogens is 2. The lowest BCUT2D eigenvalue weighted by Crippen LogP contribution is -2.29. The van der Waals surface area contributed by atoms with E-state index < -0.39 is 6.10 Å². The standard InChI is InChI=1S/C22H18F2N2O3S/c23-16-7-5-14(6-8-16)20-9-19-21(30-20)22(28)26(13-25-19)10-17(27)12-29-11-15-3-1-2-4-18(15)24/h1-9,13,17,27H,10-12H2/t17-/m0/s1. The third-order valence-electron chi connectivity index (χ3n) is 4.57. The molecular weight excluding hydrogens is 410 g/mol. The highest BCUT2D eigenvalue weighted by atomic mass is 32.1. The summed E-state index contributed by atoms with van der Waals surface area (Å²) in [5, 5.41) is 10.2. The average molecular weight is 428 g/mol. The number of hydrogen-bond donors (Lipinski definition) is 1. The quantitative estimate of drug-likeness (QED) is 0.484. The molecule has 0 aliphatic rings. The summed E-state index contributed by atoms with van der Waals surface area (Å²) in [6, 6.07) is 14.1. The highest BCUT2D eigenvalue weighted by molar-refractivity contribution is 7.22. The van der Waals surface area contributed by atoms with Crippen LogP contribution in [0.25, 0.3) is 20.7 Å². The van der Waals surface area contributed by atoms with Gasteiger partial charge in [0.05, 0.1) is 37.7 Å². The van der Waals surface area contributed by atoms with Crippen LogP contribution in [0.4, 0.5) is 8.78 Å². The van der Waals surface area contributed by atoms with Gasteiger partial charge in [-0.15, -0.1) is 11.3 Å². The molecule has 2 heterocycles. The van der Waals surface area contributed by atoms with Gasteiger partial charge < -0.3 is 9.84 Å². The molecule has 2 aromatic heterocycles. The van der Waals surface area contributed by atoms with E-state index in [1.54, 1.807) is 36.4 Å². The van der Waals surface area contributed by atoms with E-state index in [4.69, 9.17) is 4.74 Å². The second kappa shape index (κ2) is 8.83. The van der Waals surface area contributed by atoms with Gasteiger partial charge in [-0.3, -0.25) is 9.36 Å². The Morgan fingerprint density at radius 2 is 1.90 bits per heavy atom. The van der Waals surface area contributed by atoms with E-state index in [9.17, 15) is 18.7 Å². The number of aliphatic hydroxyl groups excluding tert-OH is 1. The van der Waals surface area contributed by atoms with Crippen LogP contribution in [0.2, 0.25) is 0 Å². The molecule has 8 heteroatoms. The maximum Gasteiger partial charge on any atom is 0.271 e. The van der Waals surface area contributed by atoms with Crippen molar-refractivity contribution >= 4 is 21.6 Å². The van der Waals surface area contributed by atoms with E-state index in [0.29, 0.717) is 15.8 Å². The Balaban J connectivity index is 1.45. The number of thiophene rings is 1. The molecule has 0 spiro atoms. The van der Waals surface area contributed by atoms with Crippen LogP contribution in [0.1, 0.15) is 5.56 Å². The second-order valence-electron chi connectivity index (χ2n) is 6.79. The van der Waals surface area contributed by atoms with Gasteiger partial charge in [0.2, 0.25) is 0 Å². The maximum atomic E-state index is 13.6. The molecule has 1 N–H and O–H groups in total. The summed E-state index contributed by atoms with van der Waals surface area (Å²) in [5.41, 5.74) is 1.47. The molecule has 0 fully saturated rings. The predicted molar refractivity (Wildman–Crippen MR) is 111 cm³/mol. The Labute approximate surface area is 174 Å². The first-order valence-electron chi connectivity index (χ1n) is 9.25. The van der Waals surface area contributed by atoms with E-state index in [-0.39, 0.29) is 37.0 Å². The minimum absolute atomic E-state index is 0.00280. The number of rotatable bonds is 7. The van der Waals surface area contributed by atoms with E-state index in [2.05, 4.69) is 4.98 Å². The molecule has 1 atom stereocenters. The van der Waals surface area contributed by atoms with Gasteiger partial charge in [0.1, 0.15) is 16.3 Å². The minimum atomic E-state index is -0.953. The number of aromatic nitrogens is 2. The Kier molecular flexibility index (Phi) is 5.98. The summed E-state index contributed by atoms with van der Waals surface area (Å²) >= 11 is 1.27. The molecule has 4 rings (SSSR count). The molecular formula is C22H18F2N2O3S. The van der Waals surface area contributed by atoms with Gasteiger partial charge in [-0.25, -0.2) is 13.8 Å². The molecule has 0 unspecified atom stereocenters. The number of nitrogens with zero attached hydrogens (tertiary/aromatic N) is 2. The van der Waals surface area contributed by atoms with Crippen LogP contribution in [0, 0.1) is 11.6 Å². The number of benzene rings is 2. The SMILES string of the molecule is O=c1c2sc(-c3ccc(F)cc3)cc2ncn1C[C@H](O)COCc1ccccc1F. The maximum absolute atomic E-state index is 13.6. The molecule has 0 saturated heterocycles. The van der Waals surface area contributed by atoms with E-state index >= 15 is 0 Å². The average Bonchev–Trinajstić information content (AvgIpc) is 3.17. The van der Waals surface area contributed by atoms with Crippen LogP contribution in [0.5, 0.6) is 0 Å². The van der Waals surface area contributed by atoms with Crippen LogP contribution in [-0.2, 0) is 17.9 Å². The molecule has 4 aromatic rings. The van der Waals surface area contributed by atoms with Crippen molar-refractivity contribution in [3.63, 3.8) is 0 Å². The van der Waals surface area contributed by atoms with Crippen molar-refractivity contribution < 1.29 is 18.6 Å². The summed E-state index contributed by atoms with van der Waals surface area (Å²) in [5.74, 6) is -0.695. The number of hydrogen-bond acceptors (Lipinski definition) is 5. The van der Waals surface area contributed by atoms with Crippen molar-refractivity contribution in [3.05, 3.63) is 88.5 Å². The minimum Gasteiger partial charge on any atom is -0.389 e. The Bertz CT molecular complexity index is 1220. The molecule has 5 nitrogen and oxygen atoms in total. The van der Waals surface area contributed by atoms with Crippen LogP contribution in [0.15, 0.2) is 65.7 Å². The zero-order chi connectivity index (χ0) is 21.1. The van der Waals surface area contributed by atoms with Gasteiger partial charge in [-0.05, 0) is 29.8 Å². The van der Waals surface area contributed by atoms with Crippen LogP contribution in [-0.4, -0.2) is 27.4 Å². The lowest BCUT2D eigenvalue weighted by atomic mass is 10.2. The number of aliphatic hydroxyl groups is 1. The lowest BCUT2D eigenvalue weighted by Gasteiger charge is -2.13. The number of fused-ring (bicyclic) bond motifs is 1. The number of ether oxygens (including phenoxy) is 1. The first kappa shape index (κ1) is 20.3. The summed E-state index contributed by atoms with van der Waals surface area (Å²) in [7, 11) is 0. The molecule has 30 heavy (non-hydrogen) atoms. The summed E-state index contributed by atoms with van der Waals surface area (Å²) in [6.45, 7) is -0.0191. The van der Waals surface area contributed by atoms with E-state index in [1.165, 1.54) is 40.4 Å². The van der Waals surface area contributed by atoms with E-state index in [0.717, 1.165) is 10.4 Å². The first-order chi connectivity index (χ1) is 14.5. The third-order valence-corrected chi connectivity index (χ3v) is 5.73. The second-order valence-corrected chi connectivity index (χ2v) is 7.85. The van der Waals surface area contributed by atoms with Gasteiger partial charge in [-0.2, -0.15) is 0 Å². The Hall–Kier alpha value is -2.94. The third kappa shape index (κ3) is 4.46. The summed E-state index contributed by atoms with van der Waals surface area (Å²) in [4.78, 5) is 17.9. The van der Waals surface area contributed by atoms with Gasteiger partial charge in [-0.1, -0.05) is 30.3 Å². The van der Waals surface area contributed by atoms with Crippen LogP contribution >= 0.6 is 11.3 Å². The fraction of sp³-hybridized carbons (Fsp3) is 0.182. The van der Waals surface area contributed by atoms with Crippen LogP contribution < -0.4 is 5.56 Å². The van der Waals surface area contributed by atoms with Crippen molar-refractivity contribution in [1.82, 2.24) is 9.55 Å². The largest absolute Gasteiger partial charge is 0.389 e. The predicted octanol–water partition coefficient (Wildman–Crippen LogP) is 3.98. The van der Waals surface area contributed by atoms with Crippen molar-refractivity contribution in [2.75, 3.05) is 6.61 Å². The van der Waals surface area contributed by atoms with Gasteiger partial charge in [0.25, 0.3) is 5.56 Å². The lowest BCUT2D eigenvalue weighted by molar-refractivity contribution is 0.0189. The molecule has 0 amide bonds. The monoisotopic (exact) mass is 428 g/mol. The van der Waals surface area contributed by atoms with Gasteiger partial charge >= 0.3 is 0 Å². The highest BCUT2D eigenvalue weighted by Crippen LogP contribution is 2.30. The van der Waals surface area contributed by atoms with E-state index in [1.807, 2.05) is 0 Å². The fourth-order valence-corrected chi connectivity index (χ4v) is 4.10. The normalized spacial score (nSPS) is 12.4. The molecule has 0 aliphatic carbocycles. The van der Waals surface area contributed by atoms with Gasteiger partial charge in [0, 0.05) is 10.4 Å². The first-order valence-corrected chi connectivity index (χ1v) is 10.1. The highest BCUT2D eigenvalue weighted by Gasteiger charge is 2.13.